The van der Waals surface area contributed by atoms with Gasteiger partial charge in [0.2, 0.25) is 0 Å². The van der Waals surface area contributed by atoms with Gasteiger partial charge < -0.3 is 5.73 Å². The Kier molecular flexibility index (Phi) is 3.40. The topological polar surface area (TPSA) is 26.0 Å². The first kappa shape index (κ1) is 6.13. The molecule has 0 aromatic rings. The van der Waals surface area contributed by atoms with Gasteiger partial charge in [0.1, 0.15) is 0 Å². The van der Waals surface area contributed by atoms with Gasteiger partial charge in [-0.1, -0.05) is 20.3 Å². The largest absolute Gasteiger partial charge is 0.326 e. The van der Waals surface area contributed by atoms with Crippen LogP contribution in [0.25, 0.3) is 0 Å². The Balaban J connectivity index is 2.96. The van der Waals surface area contributed by atoms with Crippen LogP contribution in [0.1, 0.15) is 0 Å². The number of hydrogen-bond acceptors (Lipinski definition) is 1. The molecule has 0 saturated heterocycles. The molecular formula is C4H10NP. The Hall–Kier alpha value is 0.130. The Morgan fingerprint density at radius 1 is 2.00 bits per heavy atom. The fourth-order valence-electron chi connectivity index (χ4n) is 0.0745. The molecule has 0 heterocycles. The third-order valence-corrected chi connectivity index (χ3v) is 1.80. The van der Waals surface area contributed by atoms with Crippen LogP contribution in [0.15, 0.2) is 12.4 Å². The maximum absolute atomic E-state index is 5.24. The second kappa shape index (κ2) is 3.32. The smallest absolute Gasteiger partial charge is 0.0160 e. The van der Waals surface area contributed by atoms with E-state index in [2.05, 4.69) is 13.2 Å². The van der Waals surface area contributed by atoms with E-state index in [0.29, 0.717) is 0 Å². The lowest BCUT2D eigenvalue weighted by Crippen LogP contribution is -1.92. The van der Waals surface area contributed by atoms with Crippen molar-refractivity contribution in [1.29, 1.82) is 0 Å². The minimum atomic E-state index is -0.0345. The molecule has 0 fully saturated rings. The average molecular weight is 103 g/mol. The van der Waals surface area contributed by atoms with Gasteiger partial charge in [-0.15, -0.1) is 0 Å². The highest BCUT2D eigenvalue weighted by molar-refractivity contribution is 7.59. The molecule has 36 valence electrons. The van der Waals surface area contributed by atoms with Crippen molar-refractivity contribution in [3.63, 3.8) is 0 Å². The summed E-state index contributed by atoms with van der Waals surface area (Å²) < 4.78 is 0. The summed E-state index contributed by atoms with van der Waals surface area (Å²) in [5, 5.41) is 0. The van der Waals surface area contributed by atoms with E-state index in [-0.39, 0.29) is 7.92 Å². The molecule has 0 radical (unpaired) electrons. The zero-order valence-corrected chi connectivity index (χ0v) is 4.91. The molecular weight excluding hydrogens is 93.0 g/mol. The molecule has 2 N–H and O–H groups in total. The van der Waals surface area contributed by atoms with E-state index in [9.17, 15) is 0 Å². The van der Waals surface area contributed by atoms with E-state index in [4.69, 9.17) is 5.73 Å². The van der Waals surface area contributed by atoms with Crippen LogP contribution in [0.4, 0.5) is 0 Å². The first-order valence-electron chi connectivity index (χ1n) is 1.84. The average Bonchev–Trinajstić information content (AvgIpc) is 1.65. The van der Waals surface area contributed by atoms with E-state index >= 15 is 0 Å². The number of nitrogens with two attached hydrogens (primary N) is 1. The van der Waals surface area contributed by atoms with E-state index in [1.54, 1.807) is 0 Å². The molecule has 0 aliphatic heterocycles. The van der Waals surface area contributed by atoms with Crippen molar-refractivity contribution in [2.75, 3.05) is 13.0 Å². The molecule has 2 heteroatoms. The van der Waals surface area contributed by atoms with Gasteiger partial charge in [0.25, 0.3) is 0 Å². The summed E-state index contributed by atoms with van der Waals surface area (Å²) in [6.07, 6.45) is 0.777. The number of hydrogen-bond donors (Lipinski definition) is 1. The van der Waals surface area contributed by atoms with Crippen molar-refractivity contribution in [1.82, 2.24) is 0 Å². The molecule has 0 amide bonds. The molecule has 1 unspecified atom stereocenters. The van der Waals surface area contributed by atoms with E-state index < -0.39 is 0 Å². The summed E-state index contributed by atoms with van der Waals surface area (Å²) in [7, 11) is -0.0345. The first-order valence-corrected chi connectivity index (χ1v) is 3.88. The molecule has 0 bridgehead atoms. The van der Waals surface area contributed by atoms with Gasteiger partial charge in [-0.05, 0) is 6.66 Å². The van der Waals surface area contributed by atoms with Crippen molar-refractivity contribution < 1.29 is 0 Å². The van der Waals surface area contributed by atoms with Gasteiger partial charge in [-0.3, -0.25) is 0 Å². The predicted molar refractivity (Wildman–Crippen MR) is 32.1 cm³/mol. The van der Waals surface area contributed by atoms with Crippen LogP contribution in [-0.2, 0) is 0 Å². The fourth-order valence-corrected chi connectivity index (χ4v) is 0.224. The molecule has 0 aromatic carbocycles. The molecule has 6 heavy (non-hydrogen) atoms. The minimum Gasteiger partial charge on any atom is -0.326 e. The summed E-state index contributed by atoms with van der Waals surface area (Å²) in [5.74, 6) is 1.91. The van der Waals surface area contributed by atoms with E-state index in [0.717, 1.165) is 6.29 Å². The molecule has 0 rings (SSSR count). The Morgan fingerprint density at radius 3 is 2.50 bits per heavy atom. The van der Waals surface area contributed by atoms with Crippen molar-refractivity contribution in [3.8, 4) is 0 Å². The molecule has 1 atom stereocenters. The van der Waals surface area contributed by atoms with Crippen molar-refractivity contribution in [3.05, 3.63) is 12.4 Å². The highest BCUT2D eigenvalue weighted by Gasteiger charge is 1.83. The predicted octanol–water partition coefficient (Wildman–Crippen LogP) is 1.16. The second-order valence-electron chi connectivity index (χ2n) is 1.12. The highest BCUT2D eigenvalue weighted by Crippen LogP contribution is 2.26. The third-order valence-electron chi connectivity index (χ3n) is 0.600. The summed E-state index contributed by atoms with van der Waals surface area (Å²) in [5.41, 5.74) is 5.24. The Morgan fingerprint density at radius 2 is 2.50 bits per heavy atom. The Labute approximate surface area is 40.0 Å². The minimum absolute atomic E-state index is 0.0345. The van der Waals surface area contributed by atoms with Gasteiger partial charge in [0.15, 0.2) is 0 Å². The van der Waals surface area contributed by atoms with Gasteiger partial charge in [-0.25, -0.2) is 0 Å². The molecule has 0 spiro atoms. The van der Waals surface area contributed by atoms with Crippen LogP contribution < -0.4 is 5.73 Å². The van der Waals surface area contributed by atoms with Crippen molar-refractivity contribution in [2.45, 2.75) is 0 Å². The lowest BCUT2D eigenvalue weighted by molar-refractivity contribution is 1.38. The summed E-state index contributed by atoms with van der Waals surface area (Å²) >= 11 is 0. The molecule has 0 aromatic heterocycles. The third kappa shape index (κ3) is 2.37. The lowest BCUT2D eigenvalue weighted by atomic mass is 11.3. The molecule has 0 aliphatic carbocycles. The highest BCUT2D eigenvalue weighted by atomic mass is 31.1. The normalized spacial score (nSPS) is 13.7. The maximum atomic E-state index is 5.24. The van der Waals surface area contributed by atoms with Crippen LogP contribution >= 0.6 is 7.92 Å². The SMILES string of the molecule is C=CP(C)CN. The van der Waals surface area contributed by atoms with Gasteiger partial charge >= 0.3 is 0 Å². The first-order chi connectivity index (χ1) is 2.81. The fraction of sp³-hybridized carbons (Fsp3) is 0.500. The second-order valence-corrected chi connectivity index (χ2v) is 3.37. The van der Waals surface area contributed by atoms with Crippen LogP contribution in [0, 0.1) is 0 Å². The van der Waals surface area contributed by atoms with Crippen molar-refractivity contribution in [2.24, 2.45) is 5.73 Å². The van der Waals surface area contributed by atoms with Gasteiger partial charge in [0.05, 0.1) is 0 Å². The van der Waals surface area contributed by atoms with E-state index in [1.807, 2.05) is 5.82 Å². The summed E-state index contributed by atoms with van der Waals surface area (Å²) in [6.45, 7) is 5.68. The molecule has 0 aliphatic rings. The monoisotopic (exact) mass is 103 g/mol. The van der Waals surface area contributed by atoms with Crippen LogP contribution in [0.2, 0.25) is 0 Å². The Bertz CT molecular complexity index is 44.8. The number of rotatable bonds is 2. The summed E-state index contributed by atoms with van der Waals surface area (Å²) in [6, 6.07) is 0. The van der Waals surface area contributed by atoms with Crippen LogP contribution in [0.3, 0.4) is 0 Å². The van der Waals surface area contributed by atoms with Gasteiger partial charge in [0, 0.05) is 6.29 Å². The zero-order valence-electron chi connectivity index (χ0n) is 4.02. The van der Waals surface area contributed by atoms with Gasteiger partial charge in [-0.2, -0.15) is 0 Å². The van der Waals surface area contributed by atoms with Crippen LogP contribution in [0.5, 0.6) is 0 Å². The quantitative estimate of drug-likeness (QED) is 0.521. The zero-order chi connectivity index (χ0) is 4.99. The van der Waals surface area contributed by atoms with Crippen LogP contribution in [-0.4, -0.2) is 13.0 Å². The maximum Gasteiger partial charge on any atom is 0.0160 e. The molecule has 1 nitrogen and oxygen atoms in total. The lowest BCUT2D eigenvalue weighted by Gasteiger charge is -1.95. The van der Waals surface area contributed by atoms with E-state index in [1.165, 1.54) is 0 Å². The molecule has 0 saturated carbocycles. The standard InChI is InChI=1S/C4H10NP/c1-3-6(2)4-5/h3H,1,4-5H2,2H3. The summed E-state index contributed by atoms with van der Waals surface area (Å²) in [4.78, 5) is 0. The van der Waals surface area contributed by atoms with Crippen molar-refractivity contribution >= 4 is 7.92 Å².